The molecule has 0 bridgehead atoms. The summed E-state index contributed by atoms with van der Waals surface area (Å²) in [6, 6.07) is 12.3. The number of hydrogen-bond donors (Lipinski definition) is 0. The van der Waals surface area contributed by atoms with Gasteiger partial charge in [0.2, 0.25) is 0 Å². The van der Waals surface area contributed by atoms with E-state index in [4.69, 9.17) is 11.6 Å². The summed E-state index contributed by atoms with van der Waals surface area (Å²) >= 11 is 6.19. The first kappa shape index (κ1) is 17.5. The molecule has 0 aliphatic heterocycles. The molecule has 1 aliphatic carbocycles. The van der Waals surface area contributed by atoms with Crippen molar-refractivity contribution in [3.8, 4) is 11.1 Å². The maximum atomic E-state index is 14.0. The lowest BCUT2D eigenvalue weighted by Gasteiger charge is -2.28. The SMILES string of the molecule is CCCC1CCC(c2ccc(-c3ccc(C)c(F)c3Cl)cc2)CC1. The van der Waals surface area contributed by atoms with Gasteiger partial charge in [-0.2, -0.15) is 0 Å². The van der Waals surface area contributed by atoms with Crippen LogP contribution in [0, 0.1) is 18.7 Å². The highest BCUT2D eigenvalue weighted by molar-refractivity contribution is 6.33. The van der Waals surface area contributed by atoms with E-state index in [1.54, 1.807) is 13.0 Å². The predicted molar refractivity (Wildman–Crippen MR) is 101 cm³/mol. The van der Waals surface area contributed by atoms with Crippen molar-refractivity contribution >= 4 is 11.6 Å². The molecule has 1 fully saturated rings. The normalized spacial score (nSPS) is 21.0. The molecule has 0 radical (unpaired) electrons. The van der Waals surface area contributed by atoms with Crippen molar-refractivity contribution in [3.63, 3.8) is 0 Å². The fraction of sp³-hybridized carbons (Fsp3) is 0.455. The summed E-state index contributed by atoms with van der Waals surface area (Å²) in [6.45, 7) is 4.02. The van der Waals surface area contributed by atoms with Crippen LogP contribution in [0.15, 0.2) is 36.4 Å². The van der Waals surface area contributed by atoms with Crippen LogP contribution in [0.4, 0.5) is 4.39 Å². The van der Waals surface area contributed by atoms with Crippen LogP contribution in [0.5, 0.6) is 0 Å². The summed E-state index contributed by atoms with van der Waals surface area (Å²) in [5.74, 6) is 1.30. The lowest BCUT2D eigenvalue weighted by atomic mass is 9.77. The van der Waals surface area contributed by atoms with Gasteiger partial charge in [-0.15, -0.1) is 0 Å². The average molecular weight is 345 g/mol. The van der Waals surface area contributed by atoms with Crippen molar-refractivity contribution in [2.24, 2.45) is 5.92 Å². The van der Waals surface area contributed by atoms with Gasteiger partial charge in [-0.05, 0) is 61.1 Å². The van der Waals surface area contributed by atoms with Crippen LogP contribution in [-0.4, -0.2) is 0 Å². The zero-order chi connectivity index (χ0) is 17.1. The molecule has 0 aromatic heterocycles. The molecule has 0 heterocycles. The van der Waals surface area contributed by atoms with Crippen molar-refractivity contribution in [1.29, 1.82) is 0 Å². The minimum absolute atomic E-state index is 0.225. The lowest BCUT2D eigenvalue weighted by molar-refractivity contribution is 0.308. The van der Waals surface area contributed by atoms with Gasteiger partial charge in [0.05, 0.1) is 5.02 Å². The van der Waals surface area contributed by atoms with E-state index in [2.05, 4.69) is 31.2 Å². The second-order valence-electron chi connectivity index (χ2n) is 7.19. The summed E-state index contributed by atoms with van der Waals surface area (Å²) in [7, 11) is 0. The van der Waals surface area contributed by atoms with E-state index in [-0.39, 0.29) is 10.8 Å². The first-order valence-electron chi connectivity index (χ1n) is 9.15. The number of hydrogen-bond acceptors (Lipinski definition) is 0. The summed E-state index contributed by atoms with van der Waals surface area (Å²) in [5, 5.41) is 0.225. The molecule has 3 rings (SSSR count). The van der Waals surface area contributed by atoms with Gasteiger partial charge < -0.3 is 0 Å². The molecule has 2 heteroatoms. The van der Waals surface area contributed by atoms with Gasteiger partial charge in [-0.25, -0.2) is 4.39 Å². The Morgan fingerprint density at radius 2 is 1.67 bits per heavy atom. The summed E-state index contributed by atoms with van der Waals surface area (Å²) < 4.78 is 14.0. The molecule has 2 aromatic rings. The van der Waals surface area contributed by atoms with Gasteiger partial charge in [0, 0.05) is 5.56 Å². The Labute approximate surface area is 150 Å². The molecular formula is C22H26ClF. The molecule has 0 atom stereocenters. The Kier molecular flexibility index (Phi) is 5.61. The predicted octanol–water partition coefficient (Wildman–Crippen LogP) is 7.53. The Hall–Kier alpha value is -1.34. The standard InChI is InChI=1S/C22H26ClF/c1-3-4-16-6-8-17(9-7-16)18-10-12-19(13-11-18)20-14-5-15(2)22(24)21(20)23/h5,10-14,16-17H,3-4,6-9H2,1-2H3. The van der Waals surface area contributed by atoms with Crippen molar-refractivity contribution in [2.75, 3.05) is 0 Å². The van der Waals surface area contributed by atoms with E-state index in [1.165, 1.54) is 44.1 Å². The molecule has 0 amide bonds. The Bertz CT molecular complexity index is 682. The van der Waals surface area contributed by atoms with E-state index in [1.807, 2.05) is 6.07 Å². The van der Waals surface area contributed by atoms with Crippen LogP contribution in [-0.2, 0) is 0 Å². The van der Waals surface area contributed by atoms with E-state index in [0.29, 0.717) is 11.5 Å². The molecule has 0 spiro atoms. The second kappa shape index (κ2) is 7.70. The molecule has 1 aliphatic rings. The van der Waals surface area contributed by atoms with Gasteiger partial charge in [0.15, 0.2) is 0 Å². The quantitative estimate of drug-likeness (QED) is 0.537. The third-order valence-electron chi connectivity index (χ3n) is 5.51. The fourth-order valence-electron chi connectivity index (χ4n) is 4.00. The average Bonchev–Trinajstić information content (AvgIpc) is 2.61. The van der Waals surface area contributed by atoms with Gasteiger partial charge in [0.1, 0.15) is 5.82 Å². The number of aryl methyl sites for hydroxylation is 1. The Balaban J connectivity index is 1.74. The van der Waals surface area contributed by atoms with Crippen LogP contribution in [0.1, 0.15) is 62.5 Å². The van der Waals surface area contributed by atoms with Crippen molar-refractivity contribution in [2.45, 2.75) is 58.3 Å². The molecule has 0 nitrogen and oxygen atoms in total. The molecule has 128 valence electrons. The van der Waals surface area contributed by atoms with E-state index in [0.717, 1.165) is 17.0 Å². The van der Waals surface area contributed by atoms with Gasteiger partial charge in [0.25, 0.3) is 0 Å². The monoisotopic (exact) mass is 344 g/mol. The lowest BCUT2D eigenvalue weighted by Crippen LogP contribution is -2.13. The molecule has 0 unspecified atom stereocenters. The third-order valence-corrected chi connectivity index (χ3v) is 5.88. The van der Waals surface area contributed by atoms with Gasteiger partial charge >= 0.3 is 0 Å². The zero-order valence-electron chi connectivity index (χ0n) is 14.6. The van der Waals surface area contributed by atoms with Gasteiger partial charge in [-0.1, -0.05) is 67.8 Å². The third kappa shape index (κ3) is 3.67. The van der Waals surface area contributed by atoms with Crippen LogP contribution in [0.3, 0.4) is 0 Å². The fourth-order valence-corrected chi connectivity index (χ4v) is 4.32. The number of rotatable bonds is 4. The molecule has 0 saturated heterocycles. The maximum absolute atomic E-state index is 14.0. The Morgan fingerprint density at radius 3 is 2.29 bits per heavy atom. The topological polar surface area (TPSA) is 0 Å². The molecular weight excluding hydrogens is 319 g/mol. The van der Waals surface area contributed by atoms with Crippen LogP contribution >= 0.6 is 11.6 Å². The molecule has 1 saturated carbocycles. The molecule has 0 N–H and O–H groups in total. The Morgan fingerprint density at radius 1 is 1.00 bits per heavy atom. The van der Waals surface area contributed by atoms with E-state index in [9.17, 15) is 4.39 Å². The highest BCUT2D eigenvalue weighted by Crippen LogP contribution is 2.38. The summed E-state index contributed by atoms with van der Waals surface area (Å²) in [6.07, 6.45) is 7.99. The minimum Gasteiger partial charge on any atom is -0.205 e. The van der Waals surface area contributed by atoms with E-state index < -0.39 is 0 Å². The van der Waals surface area contributed by atoms with Crippen LogP contribution in [0.2, 0.25) is 5.02 Å². The van der Waals surface area contributed by atoms with Crippen LogP contribution in [0.25, 0.3) is 11.1 Å². The highest BCUT2D eigenvalue weighted by Gasteiger charge is 2.21. The van der Waals surface area contributed by atoms with Crippen LogP contribution < -0.4 is 0 Å². The van der Waals surface area contributed by atoms with Crippen molar-refractivity contribution in [1.82, 2.24) is 0 Å². The number of halogens is 2. The highest BCUT2D eigenvalue weighted by atomic mass is 35.5. The van der Waals surface area contributed by atoms with Crippen molar-refractivity contribution in [3.05, 3.63) is 58.4 Å². The molecule has 2 aromatic carbocycles. The first-order valence-corrected chi connectivity index (χ1v) is 9.53. The largest absolute Gasteiger partial charge is 0.205 e. The molecule has 24 heavy (non-hydrogen) atoms. The second-order valence-corrected chi connectivity index (χ2v) is 7.56. The minimum atomic E-state index is -0.313. The van der Waals surface area contributed by atoms with E-state index >= 15 is 0 Å². The summed E-state index contributed by atoms with van der Waals surface area (Å²) in [4.78, 5) is 0. The number of benzene rings is 2. The van der Waals surface area contributed by atoms with Gasteiger partial charge in [-0.3, -0.25) is 0 Å². The van der Waals surface area contributed by atoms with Crippen molar-refractivity contribution < 1.29 is 4.39 Å². The maximum Gasteiger partial charge on any atom is 0.145 e. The zero-order valence-corrected chi connectivity index (χ0v) is 15.4. The first-order chi connectivity index (χ1) is 11.6. The smallest absolute Gasteiger partial charge is 0.145 e. The summed E-state index contributed by atoms with van der Waals surface area (Å²) in [5.41, 5.74) is 3.77.